The SMILES string of the molecule is CC1CCC(C(=O)c2ccc(Br)o2)CC1C. The summed E-state index contributed by atoms with van der Waals surface area (Å²) in [4.78, 5) is 12.2. The predicted octanol–water partition coefficient (Wildman–Crippen LogP) is 4.30. The first-order valence-corrected chi connectivity index (χ1v) is 6.66. The number of hydrogen-bond donors (Lipinski definition) is 0. The van der Waals surface area contributed by atoms with E-state index in [9.17, 15) is 4.79 Å². The predicted molar refractivity (Wildman–Crippen MR) is 66.4 cm³/mol. The maximum Gasteiger partial charge on any atom is 0.201 e. The second-order valence-electron chi connectivity index (χ2n) is 4.93. The molecule has 88 valence electrons. The lowest BCUT2D eigenvalue weighted by molar-refractivity contribution is 0.0807. The third-order valence-electron chi connectivity index (χ3n) is 3.79. The standard InChI is InChI=1S/C13H17BrO2/c1-8-3-4-10(7-9(8)2)13(15)11-5-6-12(14)16-11/h5-6,8-10H,3-4,7H2,1-2H3. The van der Waals surface area contributed by atoms with Crippen LogP contribution < -0.4 is 0 Å². The summed E-state index contributed by atoms with van der Waals surface area (Å²) in [5.41, 5.74) is 0. The largest absolute Gasteiger partial charge is 0.446 e. The van der Waals surface area contributed by atoms with Crippen LogP contribution in [0.4, 0.5) is 0 Å². The van der Waals surface area contributed by atoms with Gasteiger partial charge < -0.3 is 4.42 Å². The molecule has 0 saturated heterocycles. The fourth-order valence-electron chi connectivity index (χ4n) is 2.43. The Balaban J connectivity index is 2.06. The van der Waals surface area contributed by atoms with Crippen molar-refractivity contribution in [3.63, 3.8) is 0 Å². The van der Waals surface area contributed by atoms with E-state index in [0.29, 0.717) is 16.3 Å². The van der Waals surface area contributed by atoms with Crippen LogP contribution >= 0.6 is 15.9 Å². The van der Waals surface area contributed by atoms with Crippen LogP contribution in [-0.4, -0.2) is 5.78 Å². The molecule has 0 spiro atoms. The van der Waals surface area contributed by atoms with Crippen molar-refractivity contribution in [1.29, 1.82) is 0 Å². The van der Waals surface area contributed by atoms with Gasteiger partial charge in [0, 0.05) is 5.92 Å². The van der Waals surface area contributed by atoms with Gasteiger partial charge in [-0.25, -0.2) is 0 Å². The van der Waals surface area contributed by atoms with Gasteiger partial charge in [-0.15, -0.1) is 0 Å². The molecule has 1 heterocycles. The Kier molecular flexibility index (Phi) is 3.53. The smallest absolute Gasteiger partial charge is 0.201 e. The lowest BCUT2D eigenvalue weighted by atomic mass is 9.74. The van der Waals surface area contributed by atoms with E-state index >= 15 is 0 Å². The molecule has 0 aliphatic heterocycles. The van der Waals surface area contributed by atoms with E-state index < -0.39 is 0 Å². The summed E-state index contributed by atoms with van der Waals surface area (Å²) in [7, 11) is 0. The molecule has 1 aromatic rings. The van der Waals surface area contributed by atoms with Crippen molar-refractivity contribution in [3.8, 4) is 0 Å². The van der Waals surface area contributed by atoms with Crippen molar-refractivity contribution in [3.05, 3.63) is 22.6 Å². The Labute approximate surface area is 105 Å². The van der Waals surface area contributed by atoms with Gasteiger partial charge in [0.1, 0.15) is 0 Å². The van der Waals surface area contributed by atoms with E-state index in [1.54, 1.807) is 12.1 Å². The zero-order valence-electron chi connectivity index (χ0n) is 9.70. The highest BCUT2D eigenvalue weighted by Gasteiger charge is 2.30. The molecule has 16 heavy (non-hydrogen) atoms. The number of carbonyl (C=O) groups is 1. The van der Waals surface area contributed by atoms with Crippen molar-refractivity contribution in [2.75, 3.05) is 0 Å². The number of halogens is 1. The number of Topliss-reactive ketones (excluding diaryl/α,β-unsaturated/α-hetero) is 1. The van der Waals surface area contributed by atoms with Crippen LogP contribution in [0.15, 0.2) is 21.2 Å². The van der Waals surface area contributed by atoms with Crippen LogP contribution in [-0.2, 0) is 0 Å². The molecule has 0 N–H and O–H groups in total. The fourth-order valence-corrected chi connectivity index (χ4v) is 2.74. The van der Waals surface area contributed by atoms with Gasteiger partial charge in [-0.05, 0) is 59.2 Å². The Morgan fingerprint density at radius 3 is 2.62 bits per heavy atom. The zero-order valence-corrected chi connectivity index (χ0v) is 11.3. The number of furan rings is 1. The van der Waals surface area contributed by atoms with E-state index in [1.807, 2.05) is 0 Å². The summed E-state index contributed by atoms with van der Waals surface area (Å²) in [6.45, 7) is 4.51. The van der Waals surface area contributed by atoms with E-state index in [0.717, 1.165) is 25.2 Å². The second-order valence-corrected chi connectivity index (χ2v) is 5.71. The summed E-state index contributed by atoms with van der Waals surface area (Å²) in [5.74, 6) is 2.21. The molecule has 2 nitrogen and oxygen atoms in total. The third kappa shape index (κ3) is 2.40. The van der Waals surface area contributed by atoms with Crippen molar-refractivity contribution >= 4 is 21.7 Å². The number of rotatable bonds is 2. The molecule has 3 heteroatoms. The van der Waals surface area contributed by atoms with E-state index in [2.05, 4.69) is 29.8 Å². The quantitative estimate of drug-likeness (QED) is 0.758. The average Bonchev–Trinajstić information content (AvgIpc) is 2.68. The fraction of sp³-hybridized carbons (Fsp3) is 0.615. The van der Waals surface area contributed by atoms with Crippen LogP contribution in [0.25, 0.3) is 0 Å². The molecule has 1 saturated carbocycles. The molecule has 0 radical (unpaired) electrons. The van der Waals surface area contributed by atoms with E-state index in [-0.39, 0.29) is 11.7 Å². The minimum absolute atomic E-state index is 0.157. The lowest BCUT2D eigenvalue weighted by Crippen LogP contribution is -2.26. The van der Waals surface area contributed by atoms with Crippen molar-refractivity contribution in [1.82, 2.24) is 0 Å². The highest BCUT2D eigenvalue weighted by Crippen LogP contribution is 2.35. The molecule has 0 bridgehead atoms. The maximum absolute atomic E-state index is 12.2. The van der Waals surface area contributed by atoms with Crippen molar-refractivity contribution in [2.24, 2.45) is 17.8 Å². The Bertz CT molecular complexity index is 383. The van der Waals surface area contributed by atoms with Gasteiger partial charge in [0.2, 0.25) is 5.78 Å². The van der Waals surface area contributed by atoms with Gasteiger partial charge in [-0.1, -0.05) is 13.8 Å². The molecule has 1 aliphatic rings. The summed E-state index contributed by atoms with van der Waals surface area (Å²) < 4.78 is 5.96. The molecule has 3 atom stereocenters. The van der Waals surface area contributed by atoms with Crippen LogP contribution in [0.1, 0.15) is 43.7 Å². The van der Waals surface area contributed by atoms with E-state index in [1.165, 1.54) is 0 Å². The van der Waals surface area contributed by atoms with Crippen LogP contribution in [0.2, 0.25) is 0 Å². The maximum atomic E-state index is 12.2. The highest BCUT2D eigenvalue weighted by molar-refractivity contribution is 9.10. The van der Waals surface area contributed by atoms with Gasteiger partial charge in [0.05, 0.1) is 0 Å². The third-order valence-corrected chi connectivity index (χ3v) is 4.21. The topological polar surface area (TPSA) is 30.2 Å². The van der Waals surface area contributed by atoms with E-state index in [4.69, 9.17) is 4.42 Å². The van der Waals surface area contributed by atoms with Crippen LogP contribution in [0.5, 0.6) is 0 Å². The van der Waals surface area contributed by atoms with Gasteiger partial charge in [-0.3, -0.25) is 4.79 Å². The normalized spacial score (nSPS) is 30.3. The molecule has 3 unspecified atom stereocenters. The molecule has 0 aromatic carbocycles. The minimum Gasteiger partial charge on any atom is -0.446 e. The van der Waals surface area contributed by atoms with Crippen molar-refractivity contribution in [2.45, 2.75) is 33.1 Å². The number of carbonyl (C=O) groups excluding carboxylic acids is 1. The molecule has 1 fully saturated rings. The first-order valence-electron chi connectivity index (χ1n) is 5.87. The number of hydrogen-bond acceptors (Lipinski definition) is 2. The van der Waals surface area contributed by atoms with Crippen LogP contribution in [0.3, 0.4) is 0 Å². The zero-order chi connectivity index (χ0) is 11.7. The Morgan fingerprint density at radius 1 is 1.31 bits per heavy atom. The summed E-state index contributed by atoms with van der Waals surface area (Å²) in [6, 6.07) is 3.54. The second kappa shape index (κ2) is 4.74. The van der Waals surface area contributed by atoms with Crippen LogP contribution in [0, 0.1) is 17.8 Å². The molecule has 1 aromatic heterocycles. The first kappa shape index (κ1) is 11.9. The van der Waals surface area contributed by atoms with Gasteiger partial charge in [0.25, 0.3) is 0 Å². The summed E-state index contributed by atoms with van der Waals surface area (Å²) in [5, 5.41) is 0. The first-order chi connectivity index (χ1) is 7.58. The Hall–Kier alpha value is -0.570. The average molecular weight is 285 g/mol. The molecule has 1 aliphatic carbocycles. The van der Waals surface area contributed by atoms with Gasteiger partial charge in [0.15, 0.2) is 10.4 Å². The molecule has 0 amide bonds. The van der Waals surface area contributed by atoms with Gasteiger partial charge in [-0.2, -0.15) is 0 Å². The summed E-state index contributed by atoms with van der Waals surface area (Å²) in [6.07, 6.45) is 3.15. The summed E-state index contributed by atoms with van der Waals surface area (Å²) >= 11 is 3.23. The minimum atomic E-state index is 0.157. The van der Waals surface area contributed by atoms with Gasteiger partial charge >= 0.3 is 0 Å². The highest BCUT2D eigenvalue weighted by atomic mass is 79.9. The molecule has 2 rings (SSSR count). The monoisotopic (exact) mass is 284 g/mol. The number of ketones is 1. The molecular weight excluding hydrogens is 268 g/mol. The van der Waals surface area contributed by atoms with Crippen molar-refractivity contribution < 1.29 is 9.21 Å². The Morgan fingerprint density at radius 2 is 2.06 bits per heavy atom. The molecular formula is C13H17BrO2. The lowest BCUT2D eigenvalue weighted by Gasteiger charge is -2.30.